The lowest BCUT2D eigenvalue weighted by Crippen LogP contribution is -2.47. The summed E-state index contributed by atoms with van der Waals surface area (Å²) in [6.45, 7) is 1.08. The summed E-state index contributed by atoms with van der Waals surface area (Å²) in [5.74, 6) is -0.0238. The number of carbonyl (C=O) groups excluding carboxylic acids is 1. The highest BCUT2D eigenvalue weighted by molar-refractivity contribution is 5.98. The zero-order chi connectivity index (χ0) is 18.5. The van der Waals surface area contributed by atoms with Crippen molar-refractivity contribution in [3.63, 3.8) is 0 Å². The van der Waals surface area contributed by atoms with E-state index in [-0.39, 0.29) is 23.5 Å². The third-order valence-corrected chi connectivity index (χ3v) is 4.05. The molecule has 6 N–H and O–H groups in total. The van der Waals surface area contributed by atoms with E-state index in [2.05, 4.69) is 20.6 Å². The number of nitriles is 1. The van der Waals surface area contributed by atoms with E-state index in [1.54, 1.807) is 24.3 Å². The number of nitrogens with zero attached hydrogens (tertiary/aromatic N) is 3. The summed E-state index contributed by atoms with van der Waals surface area (Å²) < 4.78 is 5.32. The van der Waals surface area contributed by atoms with Crippen LogP contribution in [0.5, 0.6) is 0 Å². The second-order valence-corrected chi connectivity index (χ2v) is 5.91. The smallest absolute Gasteiger partial charge is 0.254 e. The highest BCUT2D eigenvalue weighted by atomic mass is 16.5. The van der Waals surface area contributed by atoms with Crippen molar-refractivity contribution >= 4 is 23.4 Å². The maximum absolute atomic E-state index is 11.7. The van der Waals surface area contributed by atoms with Crippen LogP contribution in [0.4, 0.5) is 17.5 Å². The van der Waals surface area contributed by atoms with E-state index in [1.165, 1.54) is 6.20 Å². The molecule has 0 bridgehead atoms. The average molecular weight is 353 g/mol. The van der Waals surface area contributed by atoms with Crippen LogP contribution in [0.25, 0.3) is 0 Å². The van der Waals surface area contributed by atoms with Crippen LogP contribution in [-0.2, 0) is 4.74 Å². The second-order valence-electron chi connectivity index (χ2n) is 5.91. The fourth-order valence-corrected chi connectivity index (χ4v) is 2.60. The molecule has 0 aliphatic carbocycles. The molecule has 1 amide bonds. The Labute approximate surface area is 150 Å². The Morgan fingerprint density at radius 2 is 2.12 bits per heavy atom. The summed E-state index contributed by atoms with van der Waals surface area (Å²) in [4.78, 5) is 20.2. The molecular weight excluding hydrogens is 334 g/mol. The summed E-state index contributed by atoms with van der Waals surface area (Å²) >= 11 is 0. The van der Waals surface area contributed by atoms with E-state index < -0.39 is 5.91 Å². The molecule has 0 radical (unpaired) electrons. The standard InChI is InChI=1S/C17H19N7O2/c18-7-10-1-3-11(4-2-10)22-16-12(15(20)25)8-21-17(24-16)23-14-5-6-26-9-13(14)19/h1-4,8,13-14H,5-6,9,19H2,(H2,20,25)(H2,21,22,23,24)/t13-,14+/m0/s1. The maximum atomic E-state index is 11.7. The molecule has 3 rings (SSSR count). The van der Waals surface area contributed by atoms with Gasteiger partial charge in [-0.05, 0) is 30.7 Å². The summed E-state index contributed by atoms with van der Waals surface area (Å²) in [5.41, 5.74) is 12.8. The van der Waals surface area contributed by atoms with Crippen LogP contribution < -0.4 is 22.1 Å². The van der Waals surface area contributed by atoms with Crippen molar-refractivity contribution in [1.29, 1.82) is 5.26 Å². The molecule has 1 fully saturated rings. The fourth-order valence-electron chi connectivity index (χ4n) is 2.60. The lowest BCUT2D eigenvalue weighted by Gasteiger charge is -2.29. The van der Waals surface area contributed by atoms with Gasteiger partial charge in [-0.15, -0.1) is 0 Å². The molecule has 9 nitrogen and oxygen atoms in total. The first-order valence-electron chi connectivity index (χ1n) is 8.10. The zero-order valence-corrected chi connectivity index (χ0v) is 14.0. The minimum atomic E-state index is -0.643. The van der Waals surface area contributed by atoms with E-state index in [9.17, 15) is 4.79 Å². The van der Waals surface area contributed by atoms with Crippen molar-refractivity contribution < 1.29 is 9.53 Å². The Kier molecular flexibility index (Phi) is 5.26. The number of benzene rings is 1. The van der Waals surface area contributed by atoms with Gasteiger partial charge in [-0.25, -0.2) is 4.98 Å². The van der Waals surface area contributed by atoms with Crippen molar-refractivity contribution in [1.82, 2.24) is 9.97 Å². The van der Waals surface area contributed by atoms with Gasteiger partial charge in [-0.3, -0.25) is 4.79 Å². The van der Waals surface area contributed by atoms with Crippen molar-refractivity contribution in [2.45, 2.75) is 18.5 Å². The highest BCUT2D eigenvalue weighted by Gasteiger charge is 2.23. The van der Waals surface area contributed by atoms with Crippen LogP contribution in [0.3, 0.4) is 0 Å². The number of hydrogen-bond acceptors (Lipinski definition) is 8. The first-order chi connectivity index (χ1) is 12.6. The molecule has 0 unspecified atom stereocenters. The summed E-state index contributed by atoms with van der Waals surface area (Å²) in [5, 5.41) is 15.1. The van der Waals surface area contributed by atoms with Crippen LogP contribution in [0.15, 0.2) is 30.5 Å². The van der Waals surface area contributed by atoms with E-state index >= 15 is 0 Å². The topological polar surface area (TPSA) is 152 Å². The van der Waals surface area contributed by atoms with Crippen LogP contribution in [0.2, 0.25) is 0 Å². The third-order valence-electron chi connectivity index (χ3n) is 4.05. The molecule has 0 saturated carbocycles. The number of ether oxygens (including phenoxy) is 1. The Morgan fingerprint density at radius 3 is 2.77 bits per heavy atom. The molecule has 1 saturated heterocycles. The molecule has 2 aromatic rings. The second kappa shape index (κ2) is 7.77. The molecule has 1 aromatic heterocycles. The number of anilines is 3. The van der Waals surface area contributed by atoms with Crippen LogP contribution in [0.1, 0.15) is 22.3 Å². The Balaban J connectivity index is 1.83. The van der Waals surface area contributed by atoms with Gasteiger partial charge in [0.1, 0.15) is 11.4 Å². The zero-order valence-electron chi connectivity index (χ0n) is 14.0. The lowest BCUT2D eigenvalue weighted by atomic mass is 10.1. The fraction of sp³-hybridized carbons (Fsp3) is 0.294. The van der Waals surface area contributed by atoms with Gasteiger partial charge in [0, 0.05) is 30.6 Å². The van der Waals surface area contributed by atoms with Crippen molar-refractivity contribution in [2.75, 3.05) is 23.8 Å². The molecule has 0 spiro atoms. The van der Waals surface area contributed by atoms with E-state index in [4.69, 9.17) is 21.5 Å². The quantitative estimate of drug-likeness (QED) is 0.613. The van der Waals surface area contributed by atoms with Gasteiger partial charge in [0.25, 0.3) is 5.91 Å². The minimum absolute atomic E-state index is 0.0223. The van der Waals surface area contributed by atoms with Crippen molar-refractivity contribution in [3.05, 3.63) is 41.6 Å². The summed E-state index contributed by atoms with van der Waals surface area (Å²) in [6, 6.07) is 8.61. The predicted octanol–water partition coefficient (Wildman–Crippen LogP) is 0.719. The number of aromatic nitrogens is 2. The third kappa shape index (κ3) is 4.05. The van der Waals surface area contributed by atoms with Gasteiger partial charge in [0.2, 0.25) is 5.95 Å². The Hall–Kier alpha value is -3.22. The number of nitrogens with one attached hydrogen (secondary N) is 2. The number of nitrogens with two attached hydrogens (primary N) is 2. The molecule has 9 heteroatoms. The van der Waals surface area contributed by atoms with Gasteiger partial charge in [-0.1, -0.05) is 0 Å². The lowest BCUT2D eigenvalue weighted by molar-refractivity contribution is 0.0751. The molecule has 1 aliphatic heterocycles. The predicted molar refractivity (Wildman–Crippen MR) is 95.8 cm³/mol. The summed E-state index contributed by atoms with van der Waals surface area (Å²) in [7, 11) is 0. The first kappa shape index (κ1) is 17.6. The van der Waals surface area contributed by atoms with Gasteiger partial charge in [0.05, 0.1) is 18.2 Å². The largest absolute Gasteiger partial charge is 0.380 e. The minimum Gasteiger partial charge on any atom is -0.380 e. The number of amides is 1. The first-order valence-corrected chi connectivity index (χ1v) is 8.10. The van der Waals surface area contributed by atoms with E-state index in [1.807, 2.05) is 6.07 Å². The van der Waals surface area contributed by atoms with Gasteiger partial charge in [0.15, 0.2) is 0 Å². The monoisotopic (exact) mass is 353 g/mol. The van der Waals surface area contributed by atoms with E-state index in [0.29, 0.717) is 30.4 Å². The Bertz CT molecular complexity index is 832. The molecular formula is C17H19N7O2. The summed E-state index contributed by atoms with van der Waals surface area (Å²) in [6.07, 6.45) is 2.11. The van der Waals surface area contributed by atoms with Crippen LogP contribution in [-0.4, -0.2) is 41.2 Å². The van der Waals surface area contributed by atoms with E-state index in [0.717, 1.165) is 6.42 Å². The van der Waals surface area contributed by atoms with Gasteiger partial charge < -0.3 is 26.8 Å². The molecule has 1 aliphatic rings. The SMILES string of the molecule is N#Cc1ccc(Nc2nc(N[C@@H]3CCOC[C@@H]3N)ncc2C(N)=O)cc1. The average Bonchev–Trinajstić information content (AvgIpc) is 2.64. The molecule has 26 heavy (non-hydrogen) atoms. The van der Waals surface area contributed by atoms with Crippen LogP contribution >= 0.6 is 0 Å². The van der Waals surface area contributed by atoms with Crippen molar-refractivity contribution in [2.24, 2.45) is 11.5 Å². The normalized spacial score (nSPS) is 19.4. The number of carbonyl (C=O) groups is 1. The maximum Gasteiger partial charge on any atom is 0.254 e. The number of primary amides is 1. The molecule has 134 valence electrons. The number of hydrogen-bond donors (Lipinski definition) is 4. The van der Waals surface area contributed by atoms with Gasteiger partial charge in [-0.2, -0.15) is 10.2 Å². The van der Waals surface area contributed by atoms with Crippen molar-refractivity contribution in [3.8, 4) is 6.07 Å². The van der Waals surface area contributed by atoms with Crippen LogP contribution in [0, 0.1) is 11.3 Å². The number of rotatable bonds is 5. The Morgan fingerprint density at radius 1 is 1.35 bits per heavy atom. The molecule has 2 atom stereocenters. The highest BCUT2D eigenvalue weighted by Crippen LogP contribution is 2.21. The molecule has 2 heterocycles. The molecule has 1 aromatic carbocycles. The van der Waals surface area contributed by atoms with Gasteiger partial charge >= 0.3 is 0 Å².